The highest BCUT2D eigenvalue weighted by Gasteiger charge is 2.29. The Labute approximate surface area is 120 Å². The third-order valence-corrected chi connectivity index (χ3v) is 3.66. The van der Waals surface area contributed by atoms with Gasteiger partial charge in [0.2, 0.25) is 0 Å². The van der Waals surface area contributed by atoms with Gasteiger partial charge in [0, 0.05) is 13.1 Å². The minimum atomic E-state index is -0.567. The van der Waals surface area contributed by atoms with Crippen LogP contribution in [0.3, 0.4) is 0 Å². The number of aliphatic hydroxyl groups excluding tert-OH is 2. The van der Waals surface area contributed by atoms with Gasteiger partial charge < -0.3 is 20.3 Å². The van der Waals surface area contributed by atoms with Crippen molar-refractivity contribution in [2.75, 3.05) is 19.7 Å². The Morgan fingerprint density at radius 3 is 2.65 bits per heavy atom. The normalized spacial score (nSPS) is 17.8. The average Bonchev–Trinajstić information content (AvgIpc) is 3.22. The van der Waals surface area contributed by atoms with E-state index in [9.17, 15) is 10.2 Å². The van der Waals surface area contributed by atoms with Crippen LogP contribution < -0.4 is 10.1 Å². The summed E-state index contributed by atoms with van der Waals surface area (Å²) in [5.41, 5.74) is 2.28. The molecule has 1 aromatic carbocycles. The fourth-order valence-electron chi connectivity index (χ4n) is 2.25. The average molecular weight is 279 g/mol. The van der Waals surface area contributed by atoms with Gasteiger partial charge in [0.25, 0.3) is 0 Å². The predicted molar refractivity (Wildman–Crippen MR) is 79.0 cm³/mol. The number of rotatable bonds is 8. The van der Waals surface area contributed by atoms with Gasteiger partial charge in [-0.2, -0.15) is 0 Å². The van der Waals surface area contributed by atoms with E-state index in [0.717, 1.165) is 24.2 Å². The van der Waals surface area contributed by atoms with Gasteiger partial charge in [-0.1, -0.05) is 17.7 Å². The molecular formula is C16H25NO3. The molecule has 1 aliphatic rings. The number of nitrogens with one attached hydrogen (secondary N) is 1. The summed E-state index contributed by atoms with van der Waals surface area (Å²) in [6.07, 6.45) is 1.41. The zero-order valence-corrected chi connectivity index (χ0v) is 12.3. The third-order valence-electron chi connectivity index (χ3n) is 3.66. The Morgan fingerprint density at radius 1 is 1.25 bits per heavy atom. The van der Waals surface area contributed by atoms with Crippen molar-refractivity contribution in [1.29, 1.82) is 0 Å². The van der Waals surface area contributed by atoms with E-state index in [0.29, 0.717) is 19.0 Å². The molecule has 0 saturated heterocycles. The lowest BCUT2D eigenvalue weighted by Crippen LogP contribution is -2.36. The van der Waals surface area contributed by atoms with Gasteiger partial charge in [-0.3, -0.25) is 0 Å². The number of aliphatic hydroxyl groups is 2. The molecule has 2 rings (SSSR count). The second-order valence-electron chi connectivity index (χ2n) is 5.80. The van der Waals surface area contributed by atoms with Crippen LogP contribution in [0.25, 0.3) is 0 Å². The van der Waals surface area contributed by atoms with Gasteiger partial charge in [-0.25, -0.2) is 0 Å². The molecule has 0 aromatic heterocycles. The van der Waals surface area contributed by atoms with E-state index in [1.807, 2.05) is 26.0 Å². The van der Waals surface area contributed by atoms with Gasteiger partial charge >= 0.3 is 0 Å². The van der Waals surface area contributed by atoms with Crippen molar-refractivity contribution >= 4 is 0 Å². The van der Waals surface area contributed by atoms with Crippen LogP contribution in [0.4, 0.5) is 0 Å². The van der Waals surface area contributed by atoms with Crippen molar-refractivity contribution in [1.82, 2.24) is 5.32 Å². The predicted octanol–water partition coefficient (Wildman–Crippen LogP) is 1.40. The van der Waals surface area contributed by atoms with Gasteiger partial charge in [-0.15, -0.1) is 0 Å². The van der Waals surface area contributed by atoms with E-state index in [-0.39, 0.29) is 12.7 Å². The summed E-state index contributed by atoms with van der Waals surface area (Å²) in [6, 6.07) is 5.99. The maximum absolute atomic E-state index is 9.85. The van der Waals surface area contributed by atoms with Crippen molar-refractivity contribution in [3.63, 3.8) is 0 Å². The van der Waals surface area contributed by atoms with Crippen LogP contribution in [-0.4, -0.2) is 42.1 Å². The van der Waals surface area contributed by atoms with Crippen molar-refractivity contribution in [3.05, 3.63) is 29.3 Å². The minimum Gasteiger partial charge on any atom is -0.491 e. The molecule has 0 amide bonds. The Kier molecular flexibility index (Phi) is 5.40. The molecule has 1 aliphatic carbocycles. The Hall–Kier alpha value is -1.10. The first-order valence-corrected chi connectivity index (χ1v) is 7.33. The maximum atomic E-state index is 9.85. The monoisotopic (exact) mass is 279 g/mol. The number of hydrogen-bond donors (Lipinski definition) is 3. The van der Waals surface area contributed by atoms with E-state index in [2.05, 4.69) is 11.4 Å². The number of aryl methyl sites for hydroxylation is 2. The van der Waals surface area contributed by atoms with Gasteiger partial charge in [0.15, 0.2) is 0 Å². The molecule has 1 saturated carbocycles. The Bertz CT molecular complexity index is 432. The quantitative estimate of drug-likeness (QED) is 0.673. The molecule has 0 heterocycles. The van der Waals surface area contributed by atoms with Crippen LogP contribution in [0, 0.1) is 19.8 Å². The van der Waals surface area contributed by atoms with Crippen LogP contribution >= 0.6 is 0 Å². The maximum Gasteiger partial charge on any atom is 0.122 e. The Morgan fingerprint density at radius 2 is 2.00 bits per heavy atom. The molecule has 0 bridgehead atoms. The lowest BCUT2D eigenvalue weighted by atomic mass is 10.1. The molecule has 1 aromatic rings. The standard InChI is InChI=1S/C16H25NO3/c1-11-3-6-16(12(2)7-11)20-10-14(18)8-17-9-15(19)13-4-5-13/h3,6-7,13-15,17-19H,4-5,8-10H2,1-2H3. The first-order chi connectivity index (χ1) is 9.56. The molecular weight excluding hydrogens is 254 g/mol. The highest BCUT2D eigenvalue weighted by molar-refractivity contribution is 5.35. The highest BCUT2D eigenvalue weighted by atomic mass is 16.5. The zero-order valence-electron chi connectivity index (χ0n) is 12.3. The molecule has 0 aliphatic heterocycles. The van der Waals surface area contributed by atoms with E-state index >= 15 is 0 Å². The smallest absolute Gasteiger partial charge is 0.122 e. The molecule has 112 valence electrons. The van der Waals surface area contributed by atoms with Crippen molar-refractivity contribution in [2.24, 2.45) is 5.92 Å². The highest BCUT2D eigenvalue weighted by Crippen LogP contribution is 2.32. The van der Waals surface area contributed by atoms with Crippen molar-refractivity contribution in [2.45, 2.75) is 38.9 Å². The van der Waals surface area contributed by atoms with Gasteiger partial charge in [-0.05, 0) is 44.2 Å². The third kappa shape index (κ3) is 4.78. The summed E-state index contributed by atoms with van der Waals surface area (Å²) in [5.74, 6) is 1.28. The van der Waals surface area contributed by atoms with E-state index < -0.39 is 6.10 Å². The summed E-state index contributed by atoms with van der Waals surface area (Å²) in [7, 11) is 0. The minimum absolute atomic E-state index is 0.260. The lowest BCUT2D eigenvalue weighted by Gasteiger charge is -2.16. The fraction of sp³-hybridized carbons (Fsp3) is 0.625. The van der Waals surface area contributed by atoms with Crippen LogP contribution in [0.1, 0.15) is 24.0 Å². The topological polar surface area (TPSA) is 61.7 Å². The summed E-state index contributed by atoms with van der Waals surface area (Å²) in [4.78, 5) is 0. The lowest BCUT2D eigenvalue weighted by molar-refractivity contribution is 0.0963. The van der Waals surface area contributed by atoms with E-state index in [1.54, 1.807) is 0 Å². The second kappa shape index (κ2) is 7.07. The molecule has 0 spiro atoms. The number of benzene rings is 1. The van der Waals surface area contributed by atoms with Crippen LogP contribution in [-0.2, 0) is 0 Å². The molecule has 20 heavy (non-hydrogen) atoms. The zero-order chi connectivity index (χ0) is 14.5. The summed E-state index contributed by atoms with van der Waals surface area (Å²) < 4.78 is 5.62. The summed E-state index contributed by atoms with van der Waals surface area (Å²) in [6.45, 7) is 5.29. The summed E-state index contributed by atoms with van der Waals surface area (Å²) in [5, 5.41) is 22.6. The molecule has 0 radical (unpaired) electrons. The van der Waals surface area contributed by atoms with Crippen molar-refractivity contribution in [3.8, 4) is 5.75 Å². The SMILES string of the molecule is Cc1ccc(OCC(O)CNCC(O)C2CC2)c(C)c1. The van der Waals surface area contributed by atoms with Crippen LogP contribution in [0.15, 0.2) is 18.2 Å². The molecule has 2 unspecified atom stereocenters. The van der Waals surface area contributed by atoms with Crippen LogP contribution in [0.5, 0.6) is 5.75 Å². The summed E-state index contributed by atoms with van der Waals surface area (Å²) >= 11 is 0. The first kappa shape index (κ1) is 15.3. The molecule has 4 nitrogen and oxygen atoms in total. The van der Waals surface area contributed by atoms with Crippen molar-refractivity contribution < 1.29 is 14.9 Å². The molecule has 4 heteroatoms. The number of hydrogen-bond acceptors (Lipinski definition) is 4. The molecule has 2 atom stereocenters. The van der Waals surface area contributed by atoms with Crippen LogP contribution in [0.2, 0.25) is 0 Å². The van der Waals surface area contributed by atoms with Gasteiger partial charge in [0.05, 0.1) is 6.10 Å². The largest absolute Gasteiger partial charge is 0.491 e. The molecule has 3 N–H and O–H groups in total. The van der Waals surface area contributed by atoms with E-state index in [4.69, 9.17) is 4.74 Å². The number of ether oxygens (including phenoxy) is 1. The molecule has 1 fully saturated rings. The van der Waals surface area contributed by atoms with E-state index in [1.165, 1.54) is 5.56 Å². The van der Waals surface area contributed by atoms with Gasteiger partial charge in [0.1, 0.15) is 18.5 Å². The fourth-order valence-corrected chi connectivity index (χ4v) is 2.25. The first-order valence-electron chi connectivity index (χ1n) is 7.33. The second-order valence-corrected chi connectivity index (χ2v) is 5.80. The Balaban J connectivity index is 1.65.